The molecular formula is C12H15BrClNO2. The molecule has 1 rings (SSSR count). The van der Waals surface area contributed by atoms with E-state index in [0.29, 0.717) is 5.92 Å². The summed E-state index contributed by atoms with van der Waals surface area (Å²) in [5.74, 6) is 0.438. The number of halogens is 2. The first-order valence-corrected chi connectivity index (χ1v) is 6.71. The maximum absolute atomic E-state index is 10.6. The molecular weight excluding hydrogens is 305 g/mol. The van der Waals surface area contributed by atoms with E-state index >= 15 is 0 Å². The van der Waals surface area contributed by atoms with Gasteiger partial charge in [0.1, 0.15) is 0 Å². The zero-order chi connectivity index (χ0) is 13.0. The average molecular weight is 321 g/mol. The van der Waals surface area contributed by atoms with Crippen LogP contribution in [0.2, 0.25) is 0 Å². The molecule has 0 aliphatic heterocycles. The Kier molecular flexibility index (Phi) is 5.40. The Bertz CT molecular complexity index is 409. The van der Waals surface area contributed by atoms with Gasteiger partial charge < -0.3 is 0 Å². The van der Waals surface area contributed by atoms with Crippen LogP contribution in [-0.4, -0.2) is 10.3 Å². The number of rotatable bonds is 5. The van der Waals surface area contributed by atoms with E-state index < -0.39 is 4.92 Å². The fourth-order valence-corrected chi connectivity index (χ4v) is 2.15. The number of hydrogen-bond acceptors (Lipinski definition) is 2. The molecule has 1 unspecified atom stereocenters. The topological polar surface area (TPSA) is 43.1 Å². The van der Waals surface area contributed by atoms with Crippen LogP contribution < -0.4 is 0 Å². The highest BCUT2D eigenvalue weighted by Crippen LogP contribution is 2.25. The van der Waals surface area contributed by atoms with E-state index in [1.54, 1.807) is 6.07 Å². The Labute approximate surface area is 114 Å². The second-order valence-electron chi connectivity index (χ2n) is 4.33. The van der Waals surface area contributed by atoms with Crippen molar-refractivity contribution >= 4 is 33.2 Å². The van der Waals surface area contributed by atoms with Gasteiger partial charge in [0.15, 0.2) is 0 Å². The first-order chi connectivity index (χ1) is 7.91. The van der Waals surface area contributed by atoms with Gasteiger partial charge in [0.05, 0.1) is 4.92 Å². The van der Waals surface area contributed by atoms with Crippen LogP contribution in [0.1, 0.15) is 25.8 Å². The van der Waals surface area contributed by atoms with Crippen molar-refractivity contribution in [1.82, 2.24) is 0 Å². The highest BCUT2D eigenvalue weighted by Gasteiger charge is 2.12. The number of nitrogens with zero attached hydrogens (tertiary/aromatic N) is 1. The van der Waals surface area contributed by atoms with Gasteiger partial charge in [0.2, 0.25) is 0 Å². The molecule has 0 saturated heterocycles. The second-order valence-corrected chi connectivity index (χ2v) is 5.75. The number of alkyl halides is 1. The van der Waals surface area contributed by atoms with E-state index in [9.17, 15) is 10.1 Å². The lowest BCUT2D eigenvalue weighted by atomic mass is 10.0. The summed E-state index contributed by atoms with van der Waals surface area (Å²) >= 11 is 9.53. The monoisotopic (exact) mass is 319 g/mol. The summed E-state index contributed by atoms with van der Waals surface area (Å²) in [6.45, 7) is 4.17. The van der Waals surface area contributed by atoms with Gasteiger partial charge in [-0.05, 0) is 24.3 Å². The van der Waals surface area contributed by atoms with Crippen LogP contribution in [0.15, 0.2) is 22.7 Å². The molecule has 1 aromatic carbocycles. The maximum atomic E-state index is 10.6. The summed E-state index contributed by atoms with van der Waals surface area (Å²) < 4.78 is 0.777. The summed E-state index contributed by atoms with van der Waals surface area (Å²) in [4.78, 5) is 10.2. The minimum absolute atomic E-state index is 0.104. The summed E-state index contributed by atoms with van der Waals surface area (Å²) in [5, 5.41) is 10.7. The van der Waals surface area contributed by atoms with Crippen molar-refractivity contribution in [3.63, 3.8) is 0 Å². The first-order valence-electron chi connectivity index (χ1n) is 5.48. The number of hydrogen-bond donors (Lipinski definition) is 0. The molecule has 0 bridgehead atoms. The predicted molar refractivity (Wildman–Crippen MR) is 73.6 cm³/mol. The normalized spacial score (nSPS) is 12.8. The van der Waals surface area contributed by atoms with Crippen LogP contribution in [0.3, 0.4) is 0 Å². The Hall–Kier alpha value is -0.610. The van der Waals surface area contributed by atoms with Gasteiger partial charge in [0.25, 0.3) is 5.69 Å². The number of benzene rings is 1. The summed E-state index contributed by atoms with van der Waals surface area (Å²) in [5.41, 5.74) is 1.16. The third-order valence-corrected chi connectivity index (χ3v) is 4.12. The molecule has 0 aliphatic carbocycles. The zero-order valence-electron chi connectivity index (χ0n) is 9.82. The predicted octanol–water partition coefficient (Wildman–Crippen LogP) is 4.55. The minimum Gasteiger partial charge on any atom is -0.258 e. The molecule has 17 heavy (non-hydrogen) atoms. The fraction of sp³-hybridized carbons (Fsp3) is 0.500. The van der Waals surface area contributed by atoms with E-state index in [4.69, 9.17) is 11.6 Å². The molecule has 0 amide bonds. The van der Waals surface area contributed by atoms with E-state index in [2.05, 4.69) is 29.8 Å². The van der Waals surface area contributed by atoms with Crippen LogP contribution in [0.4, 0.5) is 5.69 Å². The van der Waals surface area contributed by atoms with E-state index in [-0.39, 0.29) is 11.1 Å². The Balaban J connectivity index is 2.70. The van der Waals surface area contributed by atoms with Crippen molar-refractivity contribution in [3.8, 4) is 0 Å². The third-order valence-electron chi connectivity index (χ3n) is 2.66. The third kappa shape index (κ3) is 4.28. The standard InChI is InChI=1S/C12H15BrClNO2/c1-8(2)12(14)6-4-9-3-5-10(15(16)17)7-11(9)13/h3,5,7-8,12H,4,6H2,1-2H3. The van der Waals surface area contributed by atoms with Crippen LogP contribution >= 0.6 is 27.5 Å². The van der Waals surface area contributed by atoms with E-state index in [0.717, 1.165) is 22.9 Å². The highest BCUT2D eigenvalue weighted by atomic mass is 79.9. The Morgan fingerprint density at radius 1 is 1.47 bits per heavy atom. The van der Waals surface area contributed by atoms with Crippen molar-refractivity contribution in [2.75, 3.05) is 0 Å². The van der Waals surface area contributed by atoms with Crippen LogP contribution in [-0.2, 0) is 6.42 Å². The fourth-order valence-electron chi connectivity index (χ4n) is 1.48. The van der Waals surface area contributed by atoms with Crippen LogP contribution in [0.5, 0.6) is 0 Å². The molecule has 0 N–H and O–H groups in total. The molecule has 0 heterocycles. The number of nitro benzene ring substituents is 1. The molecule has 0 radical (unpaired) electrons. The maximum Gasteiger partial charge on any atom is 0.270 e. The van der Waals surface area contributed by atoms with Crippen molar-refractivity contribution in [1.29, 1.82) is 0 Å². The second kappa shape index (κ2) is 6.36. The van der Waals surface area contributed by atoms with Crippen molar-refractivity contribution in [3.05, 3.63) is 38.3 Å². The molecule has 1 atom stereocenters. The molecule has 0 aromatic heterocycles. The summed E-state index contributed by atoms with van der Waals surface area (Å²) in [6, 6.07) is 4.85. The van der Waals surface area contributed by atoms with Crippen molar-refractivity contribution in [2.24, 2.45) is 5.92 Å². The molecule has 0 aliphatic rings. The van der Waals surface area contributed by atoms with Gasteiger partial charge >= 0.3 is 0 Å². The molecule has 1 aromatic rings. The minimum atomic E-state index is -0.396. The molecule has 0 saturated carbocycles. The Morgan fingerprint density at radius 3 is 2.59 bits per heavy atom. The lowest BCUT2D eigenvalue weighted by Gasteiger charge is -2.13. The summed E-state index contributed by atoms with van der Waals surface area (Å²) in [6.07, 6.45) is 1.69. The SMILES string of the molecule is CC(C)C(Cl)CCc1ccc([N+](=O)[O-])cc1Br. The van der Waals surface area contributed by atoms with Crippen LogP contribution in [0.25, 0.3) is 0 Å². The molecule has 0 spiro atoms. The average Bonchev–Trinajstić information content (AvgIpc) is 2.26. The zero-order valence-corrected chi connectivity index (χ0v) is 12.2. The molecule has 94 valence electrons. The lowest BCUT2D eigenvalue weighted by Crippen LogP contribution is -2.09. The van der Waals surface area contributed by atoms with Gasteiger partial charge in [-0.15, -0.1) is 11.6 Å². The lowest BCUT2D eigenvalue weighted by molar-refractivity contribution is -0.384. The van der Waals surface area contributed by atoms with Gasteiger partial charge in [-0.25, -0.2) is 0 Å². The number of nitro groups is 1. The smallest absolute Gasteiger partial charge is 0.258 e. The largest absolute Gasteiger partial charge is 0.270 e. The number of aryl methyl sites for hydroxylation is 1. The van der Waals surface area contributed by atoms with E-state index in [1.807, 2.05) is 0 Å². The molecule has 0 fully saturated rings. The van der Waals surface area contributed by atoms with Crippen molar-refractivity contribution in [2.45, 2.75) is 32.1 Å². The molecule has 5 heteroatoms. The van der Waals surface area contributed by atoms with Gasteiger partial charge in [-0.1, -0.05) is 35.8 Å². The Morgan fingerprint density at radius 2 is 2.12 bits per heavy atom. The van der Waals surface area contributed by atoms with Crippen LogP contribution in [0, 0.1) is 16.0 Å². The quantitative estimate of drug-likeness (QED) is 0.453. The summed E-state index contributed by atoms with van der Waals surface area (Å²) in [7, 11) is 0. The first kappa shape index (κ1) is 14.5. The molecule has 3 nitrogen and oxygen atoms in total. The van der Waals surface area contributed by atoms with E-state index in [1.165, 1.54) is 12.1 Å². The van der Waals surface area contributed by atoms with Gasteiger partial charge in [0, 0.05) is 22.0 Å². The van der Waals surface area contributed by atoms with Crippen molar-refractivity contribution < 1.29 is 4.92 Å². The number of non-ortho nitro benzene ring substituents is 1. The van der Waals surface area contributed by atoms with Gasteiger partial charge in [-0.2, -0.15) is 0 Å². The van der Waals surface area contributed by atoms with Gasteiger partial charge in [-0.3, -0.25) is 10.1 Å². The highest BCUT2D eigenvalue weighted by molar-refractivity contribution is 9.10.